The molecule has 0 aromatic carbocycles. The van der Waals surface area contributed by atoms with Crippen LogP contribution in [-0.4, -0.2) is 19.0 Å². The Labute approximate surface area is 128 Å². The van der Waals surface area contributed by atoms with E-state index < -0.39 is 10.0 Å². The molecule has 21 heavy (non-hydrogen) atoms. The van der Waals surface area contributed by atoms with E-state index in [2.05, 4.69) is 18.6 Å². The smallest absolute Gasteiger partial charge is 0.242 e. The first-order chi connectivity index (χ1) is 9.64. The lowest BCUT2D eigenvalue weighted by Crippen LogP contribution is -2.33. The maximum Gasteiger partial charge on any atom is 0.242 e. The maximum absolute atomic E-state index is 12.5. The lowest BCUT2D eigenvalue weighted by molar-refractivity contribution is 0.372. The van der Waals surface area contributed by atoms with Gasteiger partial charge < -0.3 is 10.3 Å². The van der Waals surface area contributed by atoms with Crippen LogP contribution in [0, 0.1) is 5.41 Å². The summed E-state index contributed by atoms with van der Waals surface area (Å²) in [7, 11) is -3.47. The second kappa shape index (κ2) is 5.74. The van der Waals surface area contributed by atoms with Crippen LogP contribution in [0.3, 0.4) is 0 Å². The molecule has 6 heteroatoms. The predicted octanol–water partition coefficient (Wildman–Crippen LogP) is 2.38. The minimum Gasteiger partial charge on any atom is -0.346 e. The minimum atomic E-state index is -3.47. The van der Waals surface area contributed by atoms with E-state index in [1.54, 1.807) is 12.3 Å². The number of hydrogen-bond donors (Lipinski definition) is 2. The first-order valence-electron chi connectivity index (χ1n) is 7.58. The lowest BCUT2D eigenvalue weighted by atomic mass is 9.92. The Morgan fingerprint density at radius 3 is 2.57 bits per heavy atom. The number of sulfonamides is 1. The van der Waals surface area contributed by atoms with Gasteiger partial charge in [-0.2, -0.15) is 0 Å². The number of nitrogens with one attached hydrogen (secondary N) is 1. The average molecular weight is 313 g/mol. The van der Waals surface area contributed by atoms with Crippen molar-refractivity contribution in [2.24, 2.45) is 11.1 Å². The number of nitrogens with two attached hydrogens (primary N) is 1. The van der Waals surface area contributed by atoms with Crippen molar-refractivity contribution in [1.29, 1.82) is 0 Å². The molecule has 1 aromatic rings. The van der Waals surface area contributed by atoms with Crippen molar-refractivity contribution >= 4 is 10.0 Å². The largest absolute Gasteiger partial charge is 0.346 e. The Bertz CT molecular complexity index is 602. The molecule has 3 N–H and O–H groups in total. The quantitative estimate of drug-likeness (QED) is 0.876. The van der Waals surface area contributed by atoms with Gasteiger partial charge in [0.25, 0.3) is 0 Å². The summed E-state index contributed by atoms with van der Waals surface area (Å²) >= 11 is 0. The molecule has 1 saturated carbocycles. The summed E-state index contributed by atoms with van der Waals surface area (Å²) in [6, 6.07) is 1.91. The van der Waals surface area contributed by atoms with Crippen LogP contribution in [-0.2, 0) is 16.6 Å². The monoisotopic (exact) mass is 313 g/mol. The minimum absolute atomic E-state index is 0.0359. The summed E-state index contributed by atoms with van der Waals surface area (Å²) in [5.74, 6) is 0. The van der Waals surface area contributed by atoms with E-state index in [0.29, 0.717) is 11.4 Å². The standard InChI is InChI=1S/C15H27N3O2S/c1-11(2)18-10-14(7-13(18)9-16)21(19,20)17-12-5-6-15(3,4)8-12/h7,10-12,17H,5-6,8-9,16H2,1-4H3. The van der Waals surface area contributed by atoms with E-state index in [-0.39, 0.29) is 17.5 Å². The van der Waals surface area contributed by atoms with Crippen LogP contribution >= 0.6 is 0 Å². The normalized spacial score (nSPS) is 22.1. The van der Waals surface area contributed by atoms with Crippen molar-refractivity contribution in [3.05, 3.63) is 18.0 Å². The van der Waals surface area contributed by atoms with Gasteiger partial charge in [0.1, 0.15) is 0 Å². The van der Waals surface area contributed by atoms with Gasteiger partial charge in [-0.15, -0.1) is 0 Å². The third-order valence-electron chi connectivity index (χ3n) is 4.27. The maximum atomic E-state index is 12.5. The molecule has 1 atom stereocenters. The molecule has 1 aliphatic rings. The molecule has 0 spiro atoms. The van der Waals surface area contributed by atoms with E-state index in [9.17, 15) is 8.42 Å². The molecule has 1 unspecified atom stereocenters. The second-order valence-electron chi connectivity index (χ2n) is 7.10. The van der Waals surface area contributed by atoms with Crippen LogP contribution in [0.4, 0.5) is 0 Å². The molecule has 1 heterocycles. The van der Waals surface area contributed by atoms with Gasteiger partial charge in [-0.25, -0.2) is 13.1 Å². The molecule has 0 amide bonds. The van der Waals surface area contributed by atoms with Crippen molar-refractivity contribution in [2.45, 2.75) is 70.5 Å². The Kier molecular flexibility index (Phi) is 4.52. The van der Waals surface area contributed by atoms with Crippen molar-refractivity contribution in [2.75, 3.05) is 0 Å². The zero-order valence-electron chi connectivity index (χ0n) is 13.4. The number of aromatic nitrogens is 1. The zero-order chi connectivity index (χ0) is 15.8. The highest BCUT2D eigenvalue weighted by Crippen LogP contribution is 2.37. The van der Waals surface area contributed by atoms with E-state index >= 15 is 0 Å². The van der Waals surface area contributed by atoms with Gasteiger partial charge in [0.15, 0.2) is 0 Å². The molecular formula is C15H27N3O2S. The Morgan fingerprint density at radius 2 is 2.14 bits per heavy atom. The van der Waals surface area contributed by atoms with Crippen molar-refractivity contribution in [3.8, 4) is 0 Å². The fourth-order valence-electron chi connectivity index (χ4n) is 3.11. The van der Waals surface area contributed by atoms with E-state index in [1.807, 2.05) is 18.4 Å². The summed E-state index contributed by atoms with van der Waals surface area (Å²) in [5.41, 5.74) is 6.77. The summed E-state index contributed by atoms with van der Waals surface area (Å²) in [5, 5.41) is 0. The number of nitrogens with zero attached hydrogens (tertiary/aromatic N) is 1. The molecule has 0 radical (unpaired) electrons. The van der Waals surface area contributed by atoms with Gasteiger partial charge in [-0.3, -0.25) is 0 Å². The SMILES string of the molecule is CC(C)n1cc(S(=O)(=O)NC2CCC(C)(C)C2)cc1CN. The topological polar surface area (TPSA) is 77.1 Å². The Balaban J connectivity index is 2.20. The van der Waals surface area contributed by atoms with E-state index in [4.69, 9.17) is 5.73 Å². The molecule has 1 aromatic heterocycles. The first-order valence-corrected chi connectivity index (χ1v) is 9.06. The Hall–Kier alpha value is -0.850. The summed E-state index contributed by atoms with van der Waals surface area (Å²) < 4.78 is 29.8. The molecule has 2 rings (SSSR count). The Morgan fingerprint density at radius 1 is 1.48 bits per heavy atom. The molecule has 0 saturated heterocycles. The van der Waals surface area contributed by atoms with Crippen LogP contribution in [0.5, 0.6) is 0 Å². The highest BCUT2D eigenvalue weighted by Gasteiger charge is 2.33. The highest BCUT2D eigenvalue weighted by atomic mass is 32.2. The number of hydrogen-bond acceptors (Lipinski definition) is 3. The van der Waals surface area contributed by atoms with Gasteiger partial charge >= 0.3 is 0 Å². The van der Waals surface area contributed by atoms with Gasteiger partial charge in [0.05, 0.1) is 4.90 Å². The summed E-state index contributed by atoms with van der Waals surface area (Å²) in [4.78, 5) is 0.321. The van der Waals surface area contributed by atoms with Gasteiger partial charge in [0, 0.05) is 30.5 Å². The molecule has 0 aliphatic heterocycles. The first kappa shape index (κ1) is 16.5. The lowest BCUT2D eigenvalue weighted by Gasteiger charge is -2.17. The van der Waals surface area contributed by atoms with Crippen molar-refractivity contribution < 1.29 is 8.42 Å². The predicted molar refractivity (Wildman–Crippen MR) is 84.4 cm³/mol. The molecular weight excluding hydrogens is 286 g/mol. The van der Waals surface area contributed by atoms with Crippen LogP contribution in [0.2, 0.25) is 0 Å². The third-order valence-corrected chi connectivity index (χ3v) is 5.76. The fourth-order valence-corrected chi connectivity index (χ4v) is 4.43. The summed E-state index contributed by atoms with van der Waals surface area (Å²) in [6.07, 6.45) is 4.54. The van der Waals surface area contributed by atoms with Crippen LogP contribution in [0.25, 0.3) is 0 Å². The van der Waals surface area contributed by atoms with Crippen LogP contribution < -0.4 is 10.5 Å². The molecule has 1 aliphatic carbocycles. The average Bonchev–Trinajstić information content (AvgIpc) is 2.92. The third kappa shape index (κ3) is 3.67. The van der Waals surface area contributed by atoms with Crippen LogP contribution in [0.15, 0.2) is 17.2 Å². The van der Waals surface area contributed by atoms with Crippen molar-refractivity contribution in [1.82, 2.24) is 9.29 Å². The van der Waals surface area contributed by atoms with Gasteiger partial charge in [-0.1, -0.05) is 13.8 Å². The second-order valence-corrected chi connectivity index (χ2v) is 8.81. The van der Waals surface area contributed by atoms with E-state index in [0.717, 1.165) is 25.0 Å². The zero-order valence-corrected chi connectivity index (χ0v) is 14.2. The fraction of sp³-hybridized carbons (Fsp3) is 0.733. The molecule has 0 bridgehead atoms. The van der Waals surface area contributed by atoms with Gasteiger partial charge in [-0.05, 0) is 44.6 Å². The summed E-state index contributed by atoms with van der Waals surface area (Å²) in [6.45, 7) is 8.74. The molecule has 120 valence electrons. The van der Waals surface area contributed by atoms with E-state index in [1.165, 1.54) is 0 Å². The molecule has 5 nitrogen and oxygen atoms in total. The molecule has 1 fully saturated rings. The van der Waals surface area contributed by atoms with Gasteiger partial charge in [0.2, 0.25) is 10.0 Å². The highest BCUT2D eigenvalue weighted by molar-refractivity contribution is 7.89. The van der Waals surface area contributed by atoms with Crippen molar-refractivity contribution in [3.63, 3.8) is 0 Å². The number of rotatable bonds is 5. The van der Waals surface area contributed by atoms with Crippen LogP contribution in [0.1, 0.15) is 58.7 Å².